The van der Waals surface area contributed by atoms with E-state index in [1.807, 2.05) is 29.6 Å². The number of rotatable bonds is 8. The second-order valence-electron chi connectivity index (χ2n) is 7.20. The highest BCUT2D eigenvalue weighted by molar-refractivity contribution is 7.13. The summed E-state index contributed by atoms with van der Waals surface area (Å²) in [6.45, 7) is 5.67. The quantitative estimate of drug-likeness (QED) is 0.421. The van der Waals surface area contributed by atoms with E-state index in [9.17, 15) is 0 Å². The first-order valence-corrected chi connectivity index (χ1v) is 10.9. The van der Waals surface area contributed by atoms with E-state index in [1.165, 1.54) is 0 Å². The Kier molecular flexibility index (Phi) is 5.69. The normalized spacial score (nSPS) is 15.7. The zero-order valence-corrected chi connectivity index (χ0v) is 17.3. The molecule has 0 radical (unpaired) electrons. The minimum atomic E-state index is 0.497. The molecule has 0 saturated carbocycles. The number of aromatic nitrogens is 4. The summed E-state index contributed by atoms with van der Waals surface area (Å²) < 4.78 is 16.0. The molecule has 0 bridgehead atoms. The monoisotopic (exact) mass is 426 g/mol. The highest BCUT2D eigenvalue weighted by Crippen LogP contribution is 2.21. The van der Waals surface area contributed by atoms with Crippen LogP contribution in [-0.4, -0.2) is 62.8 Å². The number of aryl methyl sites for hydroxylation is 1. The molecule has 0 amide bonds. The van der Waals surface area contributed by atoms with Crippen molar-refractivity contribution in [3.8, 4) is 22.3 Å². The molecular weight excluding hydrogens is 404 g/mol. The van der Waals surface area contributed by atoms with Crippen LogP contribution in [0.4, 0.5) is 0 Å². The molecule has 0 spiro atoms. The van der Waals surface area contributed by atoms with Gasteiger partial charge in [-0.25, -0.2) is 0 Å². The summed E-state index contributed by atoms with van der Waals surface area (Å²) in [5.41, 5.74) is 0. The van der Waals surface area contributed by atoms with Crippen LogP contribution in [0.15, 0.2) is 49.4 Å². The van der Waals surface area contributed by atoms with Crippen molar-refractivity contribution in [3.05, 3.63) is 47.7 Å². The fourth-order valence-electron chi connectivity index (χ4n) is 3.50. The zero-order chi connectivity index (χ0) is 20.2. The van der Waals surface area contributed by atoms with Crippen LogP contribution in [0.3, 0.4) is 0 Å². The minimum absolute atomic E-state index is 0.497. The molecule has 5 heterocycles. The fraction of sp³-hybridized carbons (Fsp3) is 0.400. The average Bonchev–Trinajstić information content (AvgIpc) is 3.56. The first-order valence-electron chi connectivity index (χ1n) is 10.0. The Labute approximate surface area is 177 Å². The highest BCUT2D eigenvalue weighted by Gasteiger charge is 2.20. The Morgan fingerprint density at radius 1 is 0.900 bits per heavy atom. The molecule has 0 N–H and O–H groups in total. The Morgan fingerprint density at radius 2 is 1.70 bits per heavy atom. The second kappa shape index (κ2) is 8.90. The molecule has 4 aromatic heterocycles. The molecule has 4 aromatic rings. The first-order chi connectivity index (χ1) is 14.8. The minimum Gasteiger partial charge on any atom is -0.461 e. The largest absolute Gasteiger partial charge is 0.461 e. The summed E-state index contributed by atoms with van der Waals surface area (Å²) >= 11 is 1.62. The van der Waals surface area contributed by atoms with Gasteiger partial charge in [0, 0.05) is 32.6 Å². The van der Waals surface area contributed by atoms with Gasteiger partial charge < -0.3 is 18.4 Å². The number of hydrogen-bond acceptors (Lipinski definition) is 10. The lowest BCUT2D eigenvalue weighted by Crippen LogP contribution is -2.46. The summed E-state index contributed by atoms with van der Waals surface area (Å²) in [4.78, 5) is 14.8. The maximum Gasteiger partial charge on any atom is 0.241 e. The number of furan rings is 1. The van der Waals surface area contributed by atoms with E-state index >= 15 is 0 Å². The van der Waals surface area contributed by atoms with Gasteiger partial charge >= 0.3 is 0 Å². The van der Waals surface area contributed by atoms with Crippen molar-refractivity contribution in [2.75, 3.05) is 32.7 Å². The molecule has 0 aromatic carbocycles. The van der Waals surface area contributed by atoms with Crippen LogP contribution in [0.5, 0.6) is 0 Å². The molecule has 0 unspecified atom stereocenters. The van der Waals surface area contributed by atoms with Gasteiger partial charge in [-0.2, -0.15) is 9.97 Å². The summed E-state index contributed by atoms with van der Waals surface area (Å²) in [5.74, 6) is 3.13. The van der Waals surface area contributed by atoms with Crippen LogP contribution in [0.2, 0.25) is 0 Å². The van der Waals surface area contributed by atoms with Gasteiger partial charge in [0.15, 0.2) is 5.76 Å². The van der Waals surface area contributed by atoms with E-state index in [2.05, 4.69) is 30.1 Å². The summed E-state index contributed by atoms with van der Waals surface area (Å²) in [7, 11) is 0. The predicted octanol–water partition coefficient (Wildman–Crippen LogP) is 3.19. The van der Waals surface area contributed by atoms with Gasteiger partial charge in [-0.15, -0.1) is 11.3 Å². The number of hydrogen-bond donors (Lipinski definition) is 0. The second-order valence-corrected chi connectivity index (χ2v) is 8.15. The van der Waals surface area contributed by atoms with Crippen LogP contribution >= 0.6 is 11.3 Å². The van der Waals surface area contributed by atoms with Crippen LogP contribution < -0.4 is 0 Å². The molecule has 10 heteroatoms. The third kappa shape index (κ3) is 4.50. The van der Waals surface area contributed by atoms with Crippen molar-refractivity contribution in [2.24, 2.45) is 0 Å². The van der Waals surface area contributed by atoms with Crippen LogP contribution in [0, 0.1) is 0 Å². The third-order valence-corrected chi connectivity index (χ3v) is 5.97. The van der Waals surface area contributed by atoms with Crippen molar-refractivity contribution in [2.45, 2.75) is 19.4 Å². The lowest BCUT2D eigenvalue weighted by atomic mass is 10.2. The van der Waals surface area contributed by atoms with Crippen LogP contribution in [0.25, 0.3) is 22.3 Å². The maximum atomic E-state index is 5.38. The molecule has 156 valence electrons. The summed E-state index contributed by atoms with van der Waals surface area (Å²) in [6.07, 6.45) is 3.41. The first kappa shape index (κ1) is 19.2. The highest BCUT2D eigenvalue weighted by atomic mass is 32.1. The molecule has 9 nitrogen and oxygen atoms in total. The van der Waals surface area contributed by atoms with Crippen molar-refractivity contribution >= 4 is 11.3 Å². The SMILES string of the molecule is c1coc(-c2noc(CN3CCN(CCCc4nc(-c5cccs5)no4)CC3)n2)c1. The van der Waals surface area contributed by atoms with Crippen molar-refractivity contribution < 1.29 is 13.5 Å². The van der Waals surface area contributed by atoms with E-state index in [1.54, 1.807) is 17.6 Å². The Morgan fingerprint density at radius 3 is 2.50 bits per heavy atom. The molecule has 5 rings (SSSR count). The maximum absolute atomic E-state index is 5.38. The van der Waals surface area contributed by atoms with Crippen LogP contribution in [0.1, 0.15) is 18.2 Å². The van der Waals surface area contributed by atoms with Gasteiger partial charge in [-0.05, 0) is 36.5 Å². The fourth-order valence-corrected chi connectivity index (χ4v) is 4.15. The zero-order valence-electron chi connectivity index (χ0n) is 16.4. The lowest BCUT2D eigenvalue weighted by Gasteiger charge is -2.33. The molecule has 0 aliphatic carbocycles. The van der Waals surface area contributed by atoms with Crippen molar-refractivity contribution in [1.82, 2.24) is 30.1 Å². The van der Waals surface area contributed by atoms with E-state index in [4.69, 9.17) is 13.5 Å². The Balaban J connectivity index is 1.04. The predicted molar refractivity (Wildman–Crippen MR) is 110 cm³/mol. The lowest BCUT2D eigenvalue weighted by molar-refractivity contribution is 0.115. The van der Waals surface area contributed by atoms with E-state index < -0.39 is 0 Å². The third-order valence-electron chi connectivity index (χ3n) is 5.11. The molecule has 1 aliphatic heterocycles. The van der Waals surface area contributed by atoms with Gasteiger partial charge in [-0.1, -0.05) is 16.4 Å². The van der Waals surface area contributed by atoms with Crippen molar-refractivity contribution in [1.29, 1.82) is 0 Å². The molecule has 0 atom stereocenters. The van der Waals surface area contributed by atoms with E-state index in [0.29, 0.717) is 35.7 Å². The van der Waals surface area contributed by atoms with Crippen molar-refractivity contribution in [3.63, 3.8) is 0 Å². The number of thiophene rings is 1. The van der Waals surface area contributed by atoms with E-state index in [0.717, 1.165) is 50.4 Å². The topological polar surface area (TPSA) is 97.5 Å². The number of nitrogens with zero attached hydrogens (tertiary/aromatic N) is 6. The number of piperazine rings is 1. The van der Waals surface area contributed by atoms with Gasteiger partial charge in [0.05, 0.1) is 17.7 Å². The molecule has 1 fully saturated rings. The average molecular weight is 427 g/mol. The van der Waals surface area contributed by atoms with Gasteiger partial charge in [-0.3, -0.25) is 4.90 Å². The van der Waals surface area contributed by atoms with E-state index in [-0.39, 0.29) is 0 Å². The molecule has 30 heavy (non-hydrogen) atoms. The van der Waals surface area contributed by atoms with Gasteiger partial charge in [0.25, 0.3) is 0 Å². The Bertz CT molecular complexity index is 1030. The van der Waals surface area contributed by atoms with Crippen LogP contribution in [-0.2, 0) is 13.0 Å². The standard InChI is InChI=1S/C20H22N6O3S/c1(6-17-21-20(24-28-17)16-5-3-13-30-16)7-25-8-10-26(11-9-25)14-18-22-19(23-29-18)15-4-2-12-27-15/h2-5,12-13H,1,6-11,14H2. The molecular formula is C20H22N6O3S. The molecule has 1 saturated heterocycles. The summed E-state index contributed by atoms with van der Waals surface area (Å²) in [5, 5.41) is 10.1. The van der Waals surface area contributed by atoms with Gasteiger partial charge in [0.1, 0.15) is 0 Å². The molecule has 1 aliphatic rings. The Hall–Kier alpha value is -2.82. The van der Waals surface area contributed by atoms with Gasteiger partial charge in [0.2, 0.25) is 23.4 Å². The summed E-state index contributed by atoms with van der Waals surface area (Å²) in [6, 6.07) is 7.63. The smallest absolute Gasteiger partial charge is 0.241 e.